The number of amides is 1. The highest BCUT2D eigenvalue weighted by atomic mass is 16.6. The van der Waals surface area contributed by atoms with Crippen molar-refractivity contribution in [3.63, 3.8) is 0 Å². The van der Waals surface area contributed by atoms with Crippen LogP contribution in [0.4, 0.5) is 4.79 Å². The van der Waals surface area contributed by atoms with Crippen molar-refractivity contribution in [2.24, 2.45) is 0 Å². The van der Waals surface area contributed by atoms with E-state index < -0.39 is 5.60 Å². The molecule has 5 nitrogen and oxygen atoms in total. The van der Waals surface area contributed by atoms with Gasteiger partial charge >= 0.3 is 6.09 Å². The average Bonchev–Trinajstić information content (AvgIpc) is 2.63. The standard InChI is InChI=1S/C11H18N3O2/c1-5-14(8-9-6-7-12-13-9)10(15)16-11(2,3)4/h6-7H,1,5,8H2,2-4H3,(H,12,13). The maximum atomic E-state index is 11.7. The molecular weight excluding hydrogens is 206 g/mol. The molecule has 1 N–H and O–H groups in total. The van der Waals surface area contributed by atoms with Gasteiger partial charge in [0, 0.05) is 12.7 Å². The fourth-order valence-corrected chi connectivity index (χ4v) is 1.14. The Morgan fingerprint density at radius 2 is 2.31 bits per heavy atom. The van der Waals surface area contributed by atoms with Gasteiger partial charge in [-0.15, -0.1) is 0 Å². The van der Waals surface area contributed by atoms with Gasteiger partial charge in [0.25, 0.3) is 0 Å². The normalized spacial score (nSPS) is 11.2. The summed E-state index contributed by atoms with van der Waals surface area (Å²) in [6.45, 7) is 10.00. The lowest BCUT2D eigenvalue weighted by Gasteiger charge is -2.26. The van der Waals surface area contributed by atoms with E-state index in [1.165, 1.54) is 4.90 Å². The summed E-state index contributed by atoms with van der Waals surface area (Å²) in [5, 5.41) is 6.61. The van der Waals surface area contributed by atoms with Crippen molar-refractivity contribution in [3.8, 4) is 0 Å². The number of hydrogen-bond acceptors (Lipinski definition) is 3. The summed E-state index contributed by atoms with van der Waals surface area (Å²) in [4.78, 5) is 13.3. The second kappa shape index (κ2) is 5.01. The van der Waals surface area contributed by atoms with Crippen molar-refractivity contribution in [1.29, 1.82) is 0 Å². The van der Waals surface area contributed by atoms with Crippen molar-refractivity contribution in [3.05, 3.63) is 24.9 Å². The molecule has 0 saturated carbocycles. The number of carbonyl (C=O) groups excluding carboxylic acids is 1. The number of nitrogens with zero attached hydrogens (tertiary/aromatic N) is 2. The van der Waals surface area contributed by atoms with Crippen molar-refractivity contribution >= 4 is 6.09 Å². The van der Waals surface area contributed by atoms with Crippen LogP contribution in [-0.2, 0) is 11.3 Å². The lowest BCUT2D eigenvalue weighted by molar-refractivity contribution is 0.0253. The van der Waals surface area contributed by atoms with E-state index in [4.69, 9.17) is 4.74 Å². The summed E-state index contributed by atoms with van der Waals surface area (Å²) in [6.07, 6.45) is 1.28. The molecule has 0 spiro atoms. The Labute approximate surface area is 95.8 Å². The first-order chi connectivity index (χ1) is 7.42. The molecule has 0 unspecified atom stereocenters. The Morgan fingerprint density at radius 3 is 2.75 bits per heavy atom. The smallest absolute Gasteiger partial charge is 0.410 e. The molecule has 16 heavy (non-hydrogen) atoms. The molecule has 0 bridgehead atoms. The summed E-state index contributed by atoms with van der Waals surface area (Å²) < 4.78 is 5.25. The van der Waals surface area contributed by atoms with E-state index in [-0.39, 0.29) is 6.09 Å². The molecule has 0 saturated heterocycles. The van der Waals surface area contributed by atoms with Crippen LogP contribution in [0.15, 0.2) is 12.3 Å². The summed E-state index contributed by atoms with van der Waals surface area (Å²) in [5.74, 6) is 0. The molecule has 1 amide bonds. The van der Waals surface area contributed by atoms with Crippen LogP contribution >= 0.6 is 0 Å². The largest absolute Gasteiger partial charge is 0.444 e. The zero-order chi connectivity index (χ0) is 12.2. The molecule has 0 aliphatic carbocycles. The van der Waals surface area contributed by atoms with Crippen molar-refractivity contribution in [2.75, 3.05) is 6.54 Å². The number of aromatic nitrogens is 2. The molecular formula is C11H18N3O2. The summed E-state index contributed by atoms with van der Waals surface area (Å²) in [6, 6.07) is 1.81. The van der Waals surface area contributed by atoms with Crippen LogP contribution in [0.2, 0.25) is 0 Å². The minimum atomic E-state index is -0.488. The fourth-order valence-electron chi connectivity index (χ4n) is 1.14. The molecule has 1 aromatic heterocycles. The molecule has 0 atom stereocenters. The van der Waals surface area contributed by atoms with E-state index in [1.54, 1.807) is 6.20 Å². The van der Waals surface area contributed by atoms with Gasteiger partial charge in [0.15, 0.2) is 0 Å². The predicted molar refractivity (Wildman–Crippen MR) is 60.6 cm³/mol. The number of ether oxygens (including phenoxy) is 1. The van der Waals surface area contributed by atoms with Crippen molar-refractivity contribution < 1.29 is 9.53 Å². The first kappa shape index (κ1) is 12.5. The number of rotatable bonds is 3. The van der Waals surface area contributed by atoms with E-state index in [0.717, 1.165) is 5.69 Å². The van der Waals surface area contributed by atoms with Gasteiger partial charge in [-0.1, -0.05) is 0 Å². The van der Waals surface area contributed by atoms with Crippen LogP contribution in [0, 0.1) is 6.92 Å². The molecule has 0 aromatic carbocycles. The lowest BCUT2D eigenvalue weighted by atomic mass is 10.2. The SMILES string of the molecule is [CH2]CN(Cc1ccn[nH]1)C(=O)OC(C)(C)C. The average molecular weight is 224 g/mol. The van der Waals surface area contributed by atoms with Crippen LogP contribution < -0.4 is 0 Å². The van der Waals surface area contributed by atoms with Crippen LogP contribution in [0.25, 0.3) is 0 Å². The van der Waals surface area contributed by atoms with Gasteiger partial charge in [0.2, 0.25) is 0 Å². The van der Waals surface area contributed by atoms with E-state index >= 15 is 0 Å². The number of nitrogens with one attached hydrogen (secondary N) is 1. The van der Waals surface area contributed by atoms with Crippen LogP contribution in [0.5, 0.6) is 0 Å². The molecule has 0 fully saturated rings. The maximum Gasteiger partial charge on any atom is 0.410 e. The fraction of sp³-hybridized carbons (Fsp3) is 0.545. The second-order valence-electron chi connectivity index (χ2n) is 4.48. The Bertz CT molecular complexity index is 327. The van der Waals surface area contributed by atoms with Gasteiger partial charge in [-0.2, -0.15) is 5.10 Å². The highest BCUT2D eigenvalue weighted by molar-refractivity contribution is 5.68. The second-order valence-corrected chi connectivity index (χ2v) is 4.48. The first-order valence-corrected chi connectivity index (χ1v) is 5.18. The predicted octanol–water partition coefficient (Wildman–Crippen LogP) is 1.98. The van der Waals surface area contributed by atoms with Crippen LogP contribution in [0.3, 0.4) is 0 Å². The van der Waals surface area contributed by atoms with Crippen molar-refractivity contribution in [1.82, 2.24) is 15.1 Å². The first-order valence-electron chi connectivity index (χ1n) is 5.18. The number of hydrogen-bond donors (Lipinski definition) is 1. The highest BCUT2D eigenvalue weighted by Gasteiger charge is 2.21. The molecule has 1 radical (unpaired) electrons. The summed E-state index contributed by atoms with van der Waals surface area (Å²) in [7, 11) is 0. The third kappa shape index (κ3) is 3.92. The monoisotopic (exact) mass is 224 g/mol. The van der Waals surface area contributed by atoms with Gasteiger partial charge < -0.3 is 9.64 Å². The highest BCUT2D eigenvalue weighted by Crippen LogP contribution is 2.11. The Kier molecular flexibility index (Phi) is 3.93. The summed E-state index contributed by atoms with van der Waals surface area (Å²) in [5.41, 5.74) is 0.368. The molecule has 5 heteroatoms. The number of aromatic amines is 1. The Hall–Kier alpha value is -1.52. The zero-order valence-electron chi connectivity index (χ0n) is 9.99. The molecule has 89 valence electrons. The third-order valence-corrected chi connectivity index (χ3v) is 1.84. The third-order valence-electron chi connectivity index (χ3n) is 1.84. The zero-order valence-corrected chi connectivity index (χ0v) is 9.99. The van der Waals surface area contributed by atoms with E-state index in [1.807, 2.05) is 26.8 Å². The minimum absolute atomic E-state index is 0.355. The van der Waals surface area contributed by atoms with Crippen molar-refractivity contribution in [2.45, 2.75) is 32.9 Å². The Balaban J connectivity index is 2.57. The van der Waals surface area contributed by atoms with Gasteiger partial charge in [0.1, 0.15) is 5.60 Å². The van der Waals surface area contributed by atoms with Gasteiger partial charge in [-0.05, 0) is 33.8 Å². The van der Waals surface area contributed by atoms with Crippen LogP contribution in [-0.4, -0.2) is 33.3 Å². The van der Waals surface area contributed by atoms with E-state index in [0.29, 0.717) is 13.1 Å². The maximum absolute atomic E-state index is 11.7. The minimum Gasteiger partial charge on any atom is -0.444 e. The Morgan fingerprint density at radius 1 is 1.62 bits per heavy atom. The molecule has 0 aliphatic heterocycles. The molecule has 1 rings (SSSR count). The van der Waals surface area contributed by atoms with Gasteiger partial charge in [-0.25, -0.2) is 4.79 Å². The number of carbonyl (C=O) groups is 1. The lowest BCUT2D eigenvalue weighted by Crippen LogP contribution is -2.36. The summed E-state index contributed by atoms with van der Waals surface area (Å²) >= 11 is 0. The molecule has 1 aromatic rings. The van der Waals surface area contributed by atoms with E-state index in [2.05, 4.69) is 17.1 Å². The number of H-pyrrole nitrogens is 1. The van der Waals surface area contributed by atoms with Crippen LogP contribution in [0.1, 0.15) is 26.5 Å². The van der Waals surface area contributed by atoms with Gasteiger partial charge in [-0.3, -0.25) is 5.10 Å². The molecule has 1 heterocycles. The topological polar surface area (TPSA) is 58.2 Å². The van der Waals surface area contributed by atoms with E-state index in [9.17, 15) is 4.79 Å². The quantitative estimate of drug-likeness (QED) is 0.854. The molecule has 0 aliphatic rings. The van der Waals surface area contributed by atoms with Gasteiger partial charge in [0.05, 0.1) is 12.2 Å².